The standard InChI is InChI=1S/C13H13FN2O2S/c1-2-3-4-5-9-16-19(17,18)13-8-6-7-12(14)11(13)10-15/h1,6-8,16H,3-5,9H2. The molecule has 0 amide bonds. The third kappa shape index (κ3) is 4.06. The molecule has 0 saturated heterocycles. The van der Waals surface area contributed by atoms with Crippen molar-refractivity contribution in [3.05, 3.63) is 29.6 Å². The lowest BCUT2D eigenvalue weighted by Gasteiger charge is -2.08. The number of hydrogen-bond donors (Lipinski definition) is 1. The van der Waals surface area contributed by atoms with Gasteiger partial charge in [0.25, 0.3) is 0 Å². The molecule has 0 spiro atoms. The zero-order valence-electron chi connectivity index (χ0n) is 10.2. The molecule has 0 aliphatic carbocycles. The minimum atomic E-state index is -3.88. The number of nitrogens with zero attached hydrogens (tertiary/aromatic N) is 1. The summed E-state index contributed by atoms with van der Waals surface area (Å²) in [6, 6.07) is 5.06. The lowest BCUT2D eigenvalue weighted by molar-refractivity contribution is 0.572. The summed E-state index contributed by atoms with van der Waals surface area (Å²) in [6.07, 6.45) is 6.94. The molecule has 0 unspecified atom stereocenters. The van der Waals surface area contributed by atoms with E-state index in [0.717, 1.165) is 6.07 Å². The third-order valence-corrected chi connectivity index (χ3v) is 3.92. The number of sulfonamides is 1. The lowest BCUT2D eigenvalue weighted by Crippen LogP contribution is -2.25. The number of benzene rings is 1. The van der Waals surface area contributed by atoms with Crippen molar-refractivity contribution in [1.82, 2.24) is 4.72 Å². The van der Waals surface area contributed by atoms with Gasteiger partial charge in [0.15, 0.2) is 0 Å². The molecule has 100 valence electrons. The number of rotatable bonds is 6. The van der Waals surface area contributed by atoms with E-state index in [1.807, 2.05) is 0 Å². The Balaban J connectivity index is 2.82. The first-order chi connectivity index (χ1) is 9.03. The van der Waals surface area contributed by atoms with Crippen LogP contribution in [-0.2, 0) is 10.0 Å². The maximum Gasteiger partial charge on any atom is 0.241 e. The highest BCUT2D eigenvalue weighted by molar-refractivity contribution is 7.89. The summed E-state index contributed by atoms with van der Waals surface area (Å²) >= 11 is 0. The minimum Gasteiger partial charge on any atom is -0.211 e. The Morgan fingerprint density at radius 2 is 2.11 bits per heavy atom. The van der Waals surface area contributed by atoms with Crippen LogP contribution < -0.4 is 4.72 Å². The Kier molecular flexibility index (Phi) is 5.50. The fourth-order valence-electron chi connectivity index (χ4n) is 1.47. The van der Waals surface area contributed by atoms with Crippen LogP contribution in [-0.4, -0.2) is 15.0 Å². The maximum atomic E-state index is 13.3. The first kappa shape index (κ1) is 15.2. The second-order valence-corrected chi connectivity index (χ2v) is 5.52. The molecular formula is C13H13FN2O2S. The van der Waals surface area contributed by atoms with Crippen LogP contribution >= 0.6 is 0 Å². The normalized spacial score (nSPS) is 10.7. The van der Waals surface area contributed by atoms with Gasteiger partial charge in [-0.05, 0) is 25.0 Å². The largest absolute Gasteiger partial charge is 0.241 e. The van der Waals surface area contributed by atoms with Gasteiger partial charge in [-0.15, -0.1) is 12.3 Å². The van der Waals surface area contributed by atoms with E-state index in [2.05, 4.69) is 10.6 Å². The topological polar surface area (TPSA) is 70.0 Å². The van der Waals surface area contributed by atoms with Crippen LogP contribution in [0.1, 0.15) is 24.8 Å². The summed E-state index contributed by atoms with van der Waals surface area (Å²) in [6.45, 7) is 0.200. The van der Waals surface area contributed by atoms with Crippen molar-refractivity contribution in [3.8, 4) is 18.4 Å². The van der Waals surface area contributed by atoms with Gasteiger partial charge in [0.05, 0.1) is 0 Å². The highest BCUT2D eigenvalue weighted by Gasteiger charge is 2.20. The highest BCUT2D eigenvalue weighted by atomic mass is 32.2. The molecule has 0 aliphatic heterocycles. The predicted molar refractivity (Wildman–Crippen MR) is 69.0 cm³/mol. The fraction of sp³-hybridized carbons (Fsp3) is 0.308. The van der Waals surface area contributed by atoms with Crippen molar-refractivity contribution >= 4 is 10.0 Å². The molecule has 1 rings (SSSR count). The Morgan fingerprint density at radius 1 is 1.37 bits per heavy atom. The number of terminal acetylenes is 1. The molecule has 0 saturated carbocycles. The summed E-state index contributed by atoms with van der Waals surface area (Å²) < 4.78 is 39.5. The van der Waals surface area contributed by atoms with Crippen LogP contribution in [0.15, 0.2) is 23.1 Å². The summed E-state index contributed by atoms with van der Waals surface area (Å²) in [5.41, 5.74) is -0.473. The van der Waals surface area contributed by atoms with Crippen molar-refractivity contribution in [2.75, 3.05) is 6.54 Å². The van der Waals surface area contributed by atoms with Gasteiger partial charge in [0.2, 0.25) is 10.0 Å². The van der Waals surface area contributed by atoms with Gasteiger partial charge in [-0.25, -0.2) is 17.5 Å². The van der Waals surface area contributed by atoms with Gasteiger partial charge in [-0.3, -0.25) is 0 Å². The molecule has 0 fully saturated rings. The van der Waals surface area contributed by atoms with Crippen molar-refractivity contribution in [3.63, 3.8) is 0 Å². The molecule has 0 aliphatic rings. The second kappa shape index (κ2) is 6.89. The minimum absolute atomic E-state index is 0.200. The van der Waals surface area contributed by atoms with E-state index in [1.165, 1.54) is 12.1 Å². The Labute approximate surface area is 112 Å². The summed E-state index contributed by atoms with van der Waals surface area (Å²) in [5.74, 6) is 1.60. The van der Waals surface area contributed by atoms with Crippen LogP contribution in [0.5, 0.6) is 0 Å². The average molecular weight is 280 g/mol. The van der Waals surface area contributed by atoms with Gasteiger partial charge < -0.3 is 0 Å². The molecule has 0 bridgehead atoms. The van der Waals surface area contributed by atoms with E-state index in [0.29, 0.717) is 19.3 Å². The molecule has 0 radical (unpaired) electrons. The van der Waals surface area contributed by atoms with Gasteiger partial charge in [-0.1, -0.05) is 6.07 Å². The number of halogens is 1. The van der Waals surface area contributed by atoms with E-state index >= 15 is 0 Å². The summed E-state index contributed by atoms with van der Waals surface area (Å²) in [5, 5.41) is 8.80. The second-order valence-electron chi connectivity index (χ2n) is 3.78. The van der Waals surface area contributed by atoms with Crippen molar-refractivity contribution in [1.29, 1.82) is 5.26 Å². The van der Waals surface area contributed by atoms with Crippen molar-refractivity contribution < 1.29 is 12.8 Å². The summed E-state index contributed by atoms with van der Waals surface area (Å²) in [7, 11) is -3.88. The SMILES string of the molecule is C#CCCCCNS(=O)(=O)c1cccc(F)c1C#N. The molecule has 0 heterocycles. The number of nitrogens with one attached hydrogen (secondary N) is 1. The highest BCUT2D eigenvalue weighted by Crippen LogP contribution is 2.17. The molecule has 1 aromatic carbocycles. The van der Waals surface area contributed by atoms with E-state index in [1.54, 1.807) is 6.07 Å². The first-order valence-corrected chi connectivity index (χ1v) is 7.13. The van der Waals surface area contributed by atoms with Gasteiger partial charge in [-0.2, -0.15) is 5.26 Å². The number of unbranched alkanes of at least 4 members (excludes halogenated alkanes) is 2. The van der Waals surface area contributed by atoms with Crippen LogP contribution in [0.3, 0.4) is 0 Å². The van der Waals surface area contributed by atoms with Crippen LogP contribution in [0.4, 0.5) is 4.39 Å². The van der Waals surface area contributed by atoms with Gasteiger partial charge >= 0.3 is 0 Å². The molecule has 19 heavy (non-hydrogen) atoms. The zero-order chi connectivity index (χ0) is 14.3. The smallest absolute Gasteiger partial charge is 0.211 e. The van der Waals surface area contributed by atoms with E-state index in [-0.39, 0.29) is 11.4 Å². The Bertz CT molecular complexity index is 627. The number of hydrogen-bond acceptors (Lipinski definition) is 3. The molecule has 4 nitrogen and oxygen atoms in total. The molecule has 0 aromatic heterocycles. The van der Waals surface area contributed by atoms with E-state index in [4.69, 9.17) is 11.7 Å². The summed E-state index contributed by atoms with van der Waals surface area (Å²) in [4.78, 5) is -0.341. The number of nitriles is 1. The molecule has 6 heteroatoms. The molecule has 0 atom stereocenters. The molecule has 1 N–H and O–H groups in total. The average Bonchev–Trinajstić information content (AvgIpc) is 2.38. The van der Waals surface area contributed by atoms with Crippen LogP contribution in [0, 0.1) is 29.5 Å². The van der Waals surface area contributed by atoms with Gasteiger partial charge in [0.1, 0.15) is 22.3 Å². The van der Waals surface area contributed by atoms with Crippen LogP contribution in [0.2, 0.25) is 0 Å². The maximum absolute atomic E-state index is 13.3. The molecular weight excluding hydrogens is 267 g/mol. The van der Waals surface area contributed by atoms with Crippen molar-refractivity contribution in [2.24, 2.45) is 0 Å². The Hall–Kier alpha value is -1.89. The van der Waals surface area contributed by atoms with Crippen LogP contribution in [0.25, 0.3) is 0 Å². The third-order valence-electron chi connectivity index (χ3n) is 2.42. The molecule has 1 aromatic rings. The zero-order valence-corrected chi connectivity index (χ0v) is 11.0. The van der Waals surface area contributed by atoms with E-state index in [9.17, 15) is 12.8 Å². The first-order valence-electron chi connectivity index (χ1n) is 5.64. The van der Waals surface area contributed by atoms with Crippen molar-refractivity contribution in [2.45, 2.75) is 24.2 Å². The lowest BCUT2D eigenvalue weighted by atomic mass is 10.2. The van der Waals surface area contributed by atoms with Gasteiger partial charge in [0, 0.05) is 13.0 Å². The monoisotopic (exact) mass is 280 g/mol. The Morgan fingerprint density at radius 3 is 2.74 bits per heavy atom. The quantitative estimate of drug-likeness (QED) is 0.638. The predicted octanol–water partition coefficient (Wildman–Crippen LogP) is 1.78. The fourth-order valence-corrected chi connectivity index (χ4v) is 2.71. The van der Waals surface area contributed by atoms with E-state index < -0.39 is 21.4 Å².